The molecule has 0 fully saturated rings. The van der Waals surface area contributed by atoms with E-state index in [1.165, 1.54) is 4.90 Å². The molecule has 0 saturated carbocycles. The van der Waals surface area contributed by atoms with Gasteiger partial charge in [0.25, 0.3) is 5.91 Å². The van der Waals surface area contributed by atoms with Crippen LogP contribution in [0.3, 0.4) is 0 Å². The van der Waals surface area contributed by atoms with Crippen LogP contribution in [0.5, 0.6) is 0 Å². The molecule has 0 spiro atoms. The number of amides is 2. The van der Waals surface area contributed by atoms with E-state index in [1.807, 2.05) is 39.0 Å². The van der Waals surface area contributed by atoms with E-state index in [2.05, 4.69) is 30.2 Å². The van der Waals surface area contributed by atoms with Crippen molar-refractivity contribution in [2.45, 2.75) is 31.3 Å². The summed E-state index contributed by atoms with van der Waals surface area (Å²) in [5.74, 6) is -0.0495. The minimum Gasteiger partial charge on any atom is -0.444 e. The molecule has 136 valence electrons. The zero-order valence-corrected chi connectivity index (χ0v) is 16.6. The Hall–Kier alpha value is -1.69. The summed E-state index contributed by atoms with van der Waals surface area (Å²) in [6, 6.07) is 7.79. The van der Waals surface area contributed by atoms with E-state index in [4.69, 9.17) is 4.74 Å². The molecule has 6 heteroatoms. The molecule has 0 aromatic heterocycles. The lowest BCUT2D eigenvalue weighted by Gasteiger charge is -2.26. The lowest BCUT2D eigenvalue weighted by atomic mass is 10.2. The number of nitrogens with one attached hydrogen (secondary N) is 1. The summed E-state index contributed by atoms with van der Waals surface area (Å²) in [5, 5.41) is 2.66. The van der Waals surface area contributed by atoms with Gasteiger partial charge in [-0.1, -0.05) is 12.1 Å². The van der Waals surface area contributed by atoms with Gasteiger partial charge in [-0.2, -0.15) is 0 Å². The molecular weight excluding hydrogens is 324 g/mol. The van der Waals surface area contributed by atoms with E-state index < -0.39 is 21.7 Å². The Balaban J connectivity index is 2.58. The van der Waals surface area contributed by atoms with Crippen LogP contribution in [-0.2, 0) is 4.74 Å². The smallest absolute Gasteiger partial charge is 0.407 e. The molecule has 0 saturated heterocycles. The second-order valence-electron chi connectivity index (χ2n) is 7.52. The summed E-state index contributed by atoms with van der Waals surface area (Å²) < 4.78 is 5.17. The quantitative estimate of drug-likeness (QED) is 0.882. The van der Waals surface area contributed by atoms with Gasteiger partial charge >= 0.3 is 6.09 Å². The Kier molecular flexibility index (Phi) is 6.72. The average Bonchev–Trinajstić information content (AvgIpc) is 2.43. The fraction of sp³-hybridized carbons (Fsp3) is 0.556. The van der Waals surface area contributed by atoms with Crippen LogP contribution < -0.4 is 5.32 Å². The molecule has 0 aliphatic carbocycles. The van der Waals surface area contributed by atoms with Crippen molar-refractivity contribution in [2.75, 3.05) is 38.9 Å². The van der Waals surface area contributed by atoms with Gasteiger partial charge in [-0.25, -0.2) is 14.8 Å². The van der Waals surface area contributed by atoms with Gasteiger partial charge in [0.15, 0.2) is 0 Å². The van der Waals surface area contributed by atoms with Crippen molar-refractivity contribution >= 4 is 22.0 Å². The van der Waals surface area contributed by atoms with E-state index in [1.54, 1.807) is 11.9 Å². The molecule has 0 bridgehead atoms. The van der Waals surface area contributed by atoms with Crippen molar-refractivity contribution in [3.63, 3.8) is 0 Å². The van der Waals surface area contributed by atoms with Crippen LogP contribution in [-0.4, -0.2) is 61.4 Å². The van der Waals surface area contributed by atoms with Crippen molar-refractivity contribution in [1.82, 2.24) is 10.2 Å². The second kappa shape index (κ2) is 7.92. The van der Waals surface area contributed by atoms with Crippen molar-refractivity contribution in [3.05, 3.63) is 29.8 Å². The van der Waals surface area contributed by atoms with Gasteiger partial charge in [-0.05, 0) is 56.6 Å². The molecule has 0 aliphatic rings. The van der Waals surface area contributed by atoms with Crippen LogP contribution in [0.25, 0.3) is 0 Å². The standard InChI is InChI=1S/C18H30N2O3S/c1-18(2,3)23-17(22)19-11-12-20(4)16(21)14-9-8-10-15(13-14)24(5,6)7/h8-10,13H,11-12H2,1-7H3,(H,19,22). The van der Waals surface area contributed by atoms with Crippen molar-refractivity contribution in [2.24, 2.45) is 0 Å². The normalized spacial score (nSPS) is 12.5. The number of hydrogen-bond donors (Lipinski definition) is 1. The van der Waals surface area contributed by atoms with Gasteiger partial charge in [-0.15, -0.1) is 0 Å². The highest BCUT2D eigenvalue weighted by molar-refractivity contribution is 8.32. The molecular formula is C18H30N2O3S. The number of nitrogens with zero attached hydrogens (tertiary/aromatic N) is 1. The van der Waals surface area contributed by atoms with Gasteiger partial charge in [0.05, 0.1) is 0 Å². The molecule has 1 aromatic carbocycles. The largest absolute Gasteiger partial charge is 0.444 e. The highest BCUT2D eigenvalue weighted by Gasteiger charge is 2.17. The molecule has 0 heterocycles. The first-order valence-electron chi connectivity index (χ1n) is 7.91. The Labute approximate surface area is 147 Å². The van der Waals surface area contributed by atoms with Gasteiger partial charge in [-0.3, -0.25) is 4.79 Å². The van der Waals surface area contributed by atoms with Crippen LogP contribution in [0.4, 0.5) is 4.79 Å². The summed E-state index contributed by atoms with van der Waals surface area (Å²) in [5.41, 5.74) is 0.149. The average molecular weight is 355 g/mol. The van der Waals surface area contributed by atoms with Crippen LogP contribution in [0.1, 0.15) is 31.1 Å². The van der Waals surface area contributed by atoms with E-state index >= 15 is 0 Å². The third kappa shape index (κ3) is 6.83. The minimum atomic E-state index is -0.874. The second-order valence-corrected chi connectivity index (χ2v) is 11.7. The fourth-order valence-electron chi connectivity index (χ4n) is 1.97. The van der Waals surface area contributed by atoms with Crippen LogP contribution in [0.15, 0.2) is 29.2 Å². The lowest BCUT2D eigenvalue weighted by Crippen LogP contribution is -2.38. The van der Waals surface area contributed by atoms with Crippen molar-refractivity contribution in [3.8, 4) is 0 Å². The maximum absolute atomic E-state index is 12.5. The number of benzene rings is 1. The van der Waals surface area contributed by atoms with Crippen LogP contribution >= 0.6 is 10.0 Å². The number of hydrogen-bond acceptors (Lipinski definition) is 3. The molecule has 1 aromatic rings. The SMILES string of the molecule is CN(CCNC(=O)OC(C)(C)C)C(=O)c1cccc(S(C)(C)C)c1. The third-order valence-corrected chi connectivity index (χ3v) is 4.92. The zero-order chi connectivity index (χ0) is 18.5. The molecule has 2 amide bonds. The number of carbonyl (C=O) groups is 2. The molecule has 5 nitrogen and oxygen atoms in total. The van der Waals surface area contributed by atoms with Crippen molar-refractivity contribution < 1.29 is 14.3 Å². The Morgan fingerprint density at radius 2 is 1.83 bits per heavy atom. The fourth-order valence-corrected chi connectivity index (χ4v) is 2.94. The highest BCUT2D eigenvalue weighted by atomic mass is 32.3. The molecule has 1 rings (SSSR count). The van der Waals surface area contributed by atoms with E-state index in [-0.39, 0.29) is 5.91 Å². The third-order valence-electron chi connectivity index (χ3n) is 3.25. The Morgan fingerprint density at radius 3 is 2.38 bits per heavy atom. The molecule has 0 unspecified atom stereocenters. The van der Waals surface area contributed by atoms with E-state index in [9.17, 15) is 9.59 Å². The number of alkyl carbamates (subject to hydrolysis) is 1. The molecule has 0 radical (unpaired) electrons. The number of likely N-dealkylation sites (N-methyl/N-ethyl adjacent to an activating group) is 1. The van der Waals surface area contributed by atoms with E-state index in [0.29, 0.717) is 18.7 Å². The first-order valence-corrected chi connectivity index (χ1v) is 10.8. The van der Waals surface area contributed by atoms with Gasteiger partial charge in [0.2, 0.25) is 0 Å². The number of carbonyl (C=O) groups excluding carboxylic acids is 2. The Bertz CT molecular complexity index is 589. The molecule has 0 aliphatic heterocycles. The van der Waals surface area contributed by atoms with Crippen molar-refractivity contribution in [1.29, 1.82) is 0 Å². The maximum Gasteiger partial charge on any atom is 0.407 e. The zero-order valence-electron chi connectivity index (χ0n) is 15.8. The monoisotopic (exact) mass is 354 g/mol. The van der Waals surface area contributed by atoms with Gasteiger partial charge in [0.1, 0.15) is 5.60 Å². The molecule has 1 N–H and O–H groups in total. The predicted molar refractivity (Wildman–Crippen MR) is 101 cm³/mol. The summed E-state index contributed by atoms with van der Waals surface area (Å²) in [6.45, 7) is 6.21. The summed E-state index contributed by atoms with van der Waals surface area (Å²) in [6.07, 6.45) is 6.13. The maximum atomic E-state index is 12.5. The van der Waals surface area contributed by atoms with Gasteiger partial charge in [0, 0.05) is 25.7 Å². The lowest BCUT2D eigenvalue weighted by molar-refractivity contribution is 0.0517. The minimum absolute atomic E-state index is 0.0495. The highest BCUT2D eigenvalue weighted by Crippen LogP contribution is 2.45. The summed E-state index contributed by atoms with van der Waals surface area (Å²) >= 11 is 0. The van der Waals surface area contributed by atoms with Crippen LogP contribution in [0.2, 0.25) is 0 Å². The Morgan fingerprint density at radius 1 is 1.21 bits per heavy atom. The number of rotatable bonds is 5. The predicted octanol–water partition coefficient (Wildman–Crippen LogP) is 3.34. The number of ether oxygens (including phenoxy) is 1. The van der Waals surface area contributed by atoms with E-state index in [0.717, 1.165) is 0 Å². The first-order chi connectivity index (χ1) is 10.9. The topological polar surface area (TPSA) is 58.6 Å². The molecule has 0 atom stereocenters. The van der Waals surface area contributed by atoms with Crippen LogP contribution in [0, 0.1) is 0 Å². The van der Waals surface area contributed by atoms with Gasteiger partial charge < -0.3 is 15.0 Å². The summed E-state index contributed by atoms with van der Waals surface area (Å²) in [4.78, 5) is 26.9. The molecule has 24 heavy (non-hydrogen) atoms. The summed E-state index contributed by atoms with van der Waals surface area (Å²) in [7, 11) is 0.857. The first kappa shape index (κ1) is 20.4.